The molecule has 1 aromatic rings. The summed E-state index contributed by atoms with van der Waals surface area (Å²) in [4.78, 5) is 34.6. The Hall–Kier alpha value is -2.22. The number of hydrogen-bond acceptors (Lipinski definition) is 8. The van der Waals surface area contributed by atoms with Crippen LogP contribution in [0.2, 0.25) is 0 Å². The van der Waals surface area contributed by atoms with Crippen molar-refractivity contribution in [1.29, 1.82) is 0 Å². The Morgan fingerprint density at radius 3 is 1.92 bits per heavy atom. The summed E-state index contributed by atoms with van der Waals surface area (Å²) >= 11 is 1.47. The molecule has 0 N–H and O–H groups in total. The third-order valence-corrected chi connectivity index (χ3v) is 5.21. The molecule has 4 atom stereocenters. The van der Waals surface area contributed by atoms with Gasteiger partial charge in [-0.3, -0.25) is 14.4 Å². The molecule has 142 valence electrons. The third-order valence-electron chi connectivity index (χ3n) is 3.79. The maximum atomic E-state index is 11.6. The van der Waals surface area contributed by atoms with E-state index in [0.717, 1.165) is 5.56 Å². The summed E-state index contributed by atoms with van der Waals surface area (Å²) in [5, 5.41) is -0.277. The monoisotopic (exact) mass is 382 g/mol. The number of methoxy groups -OCH3 is 1. The Morgan fingerprint density at radius 1 is 0.885 bits per heavy atom. The Kier molecular flexibility index (Phi) is 6.90. The minimum absolute atomic E-state index is 0.277. The predicted octanol–water partition coefficient (Wildman–Crippen LogP) is 2.28. The summed E-state index contributed by atoms with van der Waals surface area (Å²) in [6.45, 7) is 3.84. The number of carbonyl (C=O) groups excluding carboxylic acids is 3. The summed E-state index contributed by atoms with van der Waals surface area (Å²) in [5.74, 6) is -0.420. The molecule has 0 bridgehead atoms. The fourth-order valence-corrected chi connectivity index (χ4v) is 4.23. The van der Waals surface area contributed by atoms with Crippen molar-refractivity contribution in [2.75, 3.05) is 12.9 Å². The lowest BCUT2D eigenvalue weighted by Gasteiger charge is -2.40. The van der Waals surface area contributed by atoms with E-state index >= 15 is 0 Å². The van der Waals surface area contributed by atoms with Crippen LogP contribution < -0.4 is 4.74 Å². The largest absolute Gasteiger partial charge is 0.497 e. The van der Waals surface area contributed by atoms with Gasteiger partial charge >= 0.3 is 17.9 Å². The maximum absolute atomic E-state index is 11.6. The highest BCUT2D eigenvalue weighted by atomic mass is 32.2. The second kappa shape index (κ2) is 8.93. The molecule has 8 heteroatoms. The number of carbonyl (C=O) groups is 3. The normalized spacial score (nSPS) is 25.1. The van der Waals surface area contributed by atoms with E-state index in [-0.39, 0.29) is 5.25 Å². The quantitative estimate of drug-likeness (QED) is 0.566. The van der Waals surface area contributed by atoms with Crippen LogP contribution in [0.1, 0.15) is 31.6 Å². The molecule has 1 fully saturated rings. The molecule has 1 aromatic carbocycles. The molecule has 1 aliphatic heterocycles. The molecule has 1 saturated heterocycles. The molecule has 1 aliphatic rings. The lowest BCUT2D eigenvalue weighted by molar-refractivity contribution is -0.182. The zero-order valence-corrected chi connectivity index (χ0v) is 15.9. The summed E-state index contributed by atoms with van der Waals surface area (Å²) in [6.07, 6.45) is -2.36. The van der Waals surface area contributed by atoms with Crippen LogP contribution >= 0.6 is 11.8 Å². The van der Waals surface area contributed by atoms with Gasteiger partial charge in [0.25, 0.3) is 0 Å². The molecule has 0 aromatic heterocycles. The molecule has 1 heterocycles. The standard InChI is InChI=1S/C18H22O7S/c1-10(19)23-15-9-26-18(13-5-7-14(22-4)8-6-13)17(25-12(3)21)16(15)24-11(2)20/h5-8,15-18H,9H2,1-4H3/t15-,16+,17-,18+/m1/s1. The fraction of sp³-hybridized carbons (Fsp3) is 0.500. The SMILES string of the molecule is COc1ccc([C@@H]2SC[C@@H](OC(C)=O)[C@H](OC(C)=O)[C@H]2OC(C)=O)cc1. The highest BCUT2D eigenvalue weighted by molar-refractivity contribution is 7.99. The first-order valence-corrected chi connectivity index (χ1v) is 9.14. The third kappa shape index (κ3) is 5.14. The van der Waals surface area contributed by atoms with Crippen molar-refractivity contribution in [3.8, 4) is 5.75 Å². The Morgan fingerprint density at radius 2 is 1.42 bits per heavy atom. The van der Waals surface area contributed by atoms with Crippen LogP contribution in [0.25, 0.3) is 0 Å². The van der Waals surface area contributed by atoms with Crippen molar-refractivity contribution in [2.45, 2.75) is 44.3 Å². The molecule has 7 nitrogen and oxygen atoms in total. The average Bonchev–Trinajstić information content (AvgIpc) is 2.57. The topological polar surface area (TPSA) is 88.1 Å². The minimum Gasteiger partial charge on any atom is -0.497 e. The second-order valence-electron chi connectivity index (χ2n) is 5.82. The first-order chi connectivity index (χ1) is 12.3. The van der Waals surface area contributed by atoms with E-state index in [1.165, 1.54) is 32.5 Å². The number of hydrogen-bond donors (Lipinski definition) is 0. The van der Waals surface area contributed by atoms with Crippen LogP contribution in [0.3, 0.4) is 0 Å². The Labute approximate surface area is 156 Å². The van der Waals surface area contributed by atoms with Crippen molar-refractivity contribution >= 4 is 29.7 Å². The number of esters is 3. The van der Waals surface area contributed by atoms with Gasteiger partial charge in [0, 0.05) is 26.5 Å². The van der Waals surface area contributed by atoms with Gasteiger partial charge in [0.05, 0.1) is 12.4 Å². The molecule has 0 saturated carbocycles. The van der Waals surface area contributed by atoms with Crippen molar-refractivity contribution in [3.63, 3.8) is 0 Å². The highest BCUT2D eigenvalue weighted by Crippen LogP contribution is 2.43. The zero-order chi connectivity index (χ0) is 19.3. The Bertz CT molecular complexity index is 658. The summed E-state index contributed by atoms with van der Waals surface area (Å²) < 4.78 is 21.3. The van der Waals surface area contributed by atoms with E-state index in [0.29, 0.717) is 11.5 Å². The van der Waals surface area contributed by atoms with Crippen LogP contribution in [-0.4, -0.2) is 49.1 Å². The van der Waals surface area contributed by atoms with Gasteiger partial charge < -0.3 is 18.9 Å². The summed E-state index contributed by atoms with van der Waals surface area (Å²) in [7, 11) is 1.58. The van der Waals surface area contributed by atoms with Gasteiger partial charge in [0.15, 0.2) is 18.3 Å². The second-order valence-corrected chi connectivity index (χ2v) is 7.00. The van der Waals surface area contributed by atoms with Crippen molar-refractivity contribution in [1.82, 2.24) is 0 Å². The predicted molar refractivity (Wildman–Crippen MR) is 94.9 cm³/mol. The van der Waals surface area contributed by atoms with E-state index in [4.69, 9.17) is 18.9 Å². The van der Waals surface area contributed by atoms with Gasteiger partial charge in [-0.2, -0.15) is 0 Å². The van der Waals surface area contributed by atoms with Crippen LogP contribution in [0.5, 0.6) is 5.75 Å². The lowest BCUT2D eigenvalue weighted by atomic mass is 9.98. The van der Waals surface area contributed by atoms with Crippen LogP contribution in [-0.2, 0) is 28.6 Å². The van der Waals surface area contributed by atoms with Gasteiger partial charge in [-0.1, -0.05) is 12.1 Å². The fourth-order valence-electron chi connectivity index (χ4n) is 2.82. The molecule has 2 rings (SSSR count). The van der Waals surface area contributed by atoms with Gasteiger partial charge in [0.1, 0.15) is 5.75 Å². The van der Waals surface area contributed by atoms with Gasteiger partial charge in [-0.25, -0.2) is 0 Å². The van der Waals surface area contributed by atoms with Gasteiger partial charge in [-0.05, 0) is 17.7 Å². The van der Waals surface area contributed by atoms with Crippen molar-refractivity contribution in [2.24, 2.45) is 0 Å². The van der Waals surface area contributed by atoms with Crippen LogP contribution in [0, 0.1) is 0 Å². The van der Waals surface area contributed by atoms with Crippen LogP contribution in [0.15, 0.2) is 24.3 Å². The average molecular weight is 382 g/mol. The molecular formula is C18H22O7S. The highest BCUT2D eigenvalue weighted by Gasteiger charge is 2.46. The molecule has 0 amide bonds. The summed E-state index contributed by atoms with van der Waals surface area (Å²) in [6, 6.07) is 7.34. The Balaban J connectivity index is 2.35. The molecule has 26 heavy (non-hydrogen) atoms. The van der Waals surface area contributed by atoms with Crippen molar-refractivity contribution in [3.05, 3.63) is 29.8 Å². The van der Waals surface area contributed by atoms with Gasteiger partial charge in [0.2, 0.25) is 0 Å². The molecule has 0 spiro atoms. The lowest BCUT2D eigenvalue weighted by Crippen LogP contribution is -2.51. The summed E-state index contributed by atoms with van der Waals surface area (Å²) in [5.41, 5.74) is 0.889. The van der Waals surface area contributed by atoms with E-state index in [1.807, 2.05) is 12.1 Å². The van der Waals surface area contributed by atoms with E-state index in [9.17, 15) is 14.4 Å². The molecule has 0 radical (unpaired) electrons. The number of rotatable bonds is 5. The molecule has 0 unspecified atom stereocenters. The maximum Gasteiger partial charge on any atom is 0.303 e. The first-order valence-electron chi connectivity index (χ1n) is 8.09. The van der Waals surface area contributed by atoms with Gasteiger partial charge in [-0.15, -0.1) is 11.8 Å². The molecule has 0 aliphatic carbocycles. The zero-order valence-electron chi connectivity index (χ0n) is 15.1. The van der Waals surface area contributed by atoms with Crippen molar-refractivity contribution < 1.29 is 33.3 Å². The minimum atomic E-state index is -0.881. The van der Waals surface area contributed by atoms with E-state index in [2.05, 4.69) is 0 Å². The number of ether oxygens (including phenoxy) is 4. The van der Waals surface area contributed by atoms with Crippen LogP contribution in [0.4, 0.5) is 0 Å². The van der Waals surface area contributed by atoms with E-state index < -0.39 is 36.2 Å². The molecular weight excluding hydrogens is 360 g/mol. The first kappa shape index (κ1) is 20.1. The smallest absolute Gasteiger partial charge is 0.303 e. The number of thioether (sulfide) groups is 1. The van der Waals surface area contributed by atoms with E-state index in [1.54, 1.807) is 19.2 Å². The number of benzene rings is 1.